The molecule has 104 valence electrons. The highest BCUT2D eigenvalue weighted by molar-refractivity contribution is 7.09. The van der Waals surface area contributed by atoms with Crippen LogP contribution in [-0.4, -0.2) is 28.9 Å². The summed E-state index contributed by atoms with van der Waals surface area (Å²) in [5.41, 5.74) is 2.00. The van der Waals surface area contributed by atoms with Crippen LogP contribution < -0.4 is 0 Å². The molecule has 1 amide bonds. The third-order valence-electron chi connectivity index (χ3n) is 3.44. The van der Waals surface area contributed by atoms with Crippen LogP contribution in [0.4, 0.5) is 0 Å². The van der Waals surface area contributed by atoms with Crippen LogP contribution in [0.2, 0.25) is 5.02 Å². The quantitative estimate of drug-likeness (QED) is 0.864. The maximum Gasteiger partial charge on any atom is 0.222 e. The zero-order valence-electron chi connectivity index (χ0n) is 11.0. The van der Waals surface area contributed by atoms with Gasteiger partial charge in [0.25, 0.3) is 0 Å². The number of likely N-dealkylation sites (tertiary alicyclic amines) is 1. The Bertz CT molecular complexity index is 626. The topological polar surface area (TPSA) is 33.2 Å². The molecule has 20 heavy (non-hydrogen) atoms. The molecule has 0 spiro atoms. The summed E-state index contributed by atoms with van der Waals surface area (Å²) < 4.78 is 0. The number of carbonyl (C=O) groups is 1. The highest BCUT2D eigenvalue weighted by atomic mass is 35.5. The number of hydrogen-bond acceptors (Lipinski definition) is 3. The fourth-order valence-electron chi connectivity index (χ4n) is 2.38. The molecule has 1 aromatic carbocycles. The number of aromatic nitrogens is 1. The van der Waals surface area contributed by atoms with Crippen molar-refractivity contribution in [3.05, 3.63) is 39.7 Å². The van der Waals surface area contributed by atoms with E-state index in [2.05, 4.69) is 4.98 Å². The first kappa shape index (κ1) is 13.6. The number of amides is 1. The Morgan fingerprint density at radius 1 is 1.40 bits per heavy atom. The zero-order valence-corrected chi connectivity index (χ0v) is 12.6. The number of nitrogens with zero attached hydrogens (tertiary/aromatic N) is 2. The fraction of sp³-hybridized carbons (Fsp3) is 0.333. The van der Waals surface area contributed by atoms with Gasteiger partial charge in [-0.3, -0.25) is 4.79 Å². The Morgan fingerprint density at radius 3 is 3.05 bits per heavy atom. The summed E-state index contributed by atoms with van der Waals surface area (Å²) in [6.45, 7) is 1.67. The number of carbonyl (C=O) groups excluding carboxylic acids is 1. The Hall–Kier alpha value is -1.39. The predicted molar refractivity (Wildman–Crippen MR) is 82.1 cm³/mol. The maximum atomic E-state index is 11.6. The minimum Gasteiger partial charge on any atom is -0.342 e. The molecule has 1 saturated heterocycles. The summed E-state index contributed by atoms with van der Waals surface area (Å²) in [5.74, 6) is 0.275. The molecule has 0 radical (unpaired) electrons. The lowest BCUT2D eigenvalue weighted by atomic mass is 10.2. The minimum atomic E-state index is 0.275. The molecule has 5 heteroatoms. The van der Waals surface area contributed by atoms with Crippen molar-refractivity contribution >= 4 is 28.8 Å². The van der Waals surface area contributed by atoms with Crippen molar-refractivity contribution in [1.29, 1.82) is 0 Å². The molecule has 2 heterocycles. The van der Waals surface area contributed by atoms with Gasteiger partial charge in [-0.25, -0.2) is 4.98 Å². The van der Waals surface area contributed by atoms with Crippen molar-refractivity contribution in [2.75, 3.05) is 13.1 Å². The lowest BCUT2D eigenvalue weighted by Gasteiger charge is -2.13. The van der Waals surface area contributed by atoms with Crippen LogP contribution in [0.1, 0.15) is 17.8 Å². The van der Waals surface area contributed by atoms with Gasteiger partial charge < -0.3 is 4.90 Å². The third-order valence-corrected chi connectivity index (χ3v) is 4.58. The van der Waals surface area contributed by atoms with E-state index in [-0.39, 0.29) is 5.91 Å². The average molecular weight is 307 g/mol. The first-order chi connectivity index (χ1) is 9.72. The standard InChI is InChI=1S/C15H15ClN2OS/c16-12-4-1-3-11(9-12)13-10-20-14(17-13)6-8-18-7-2-5-15(18)19/h1,3-4,9-10H,2,5-8H2. The van der Waals surface area contributed by atoms with E-state index >= 15 is 0 Å². The van der Waals surface area contributed by atoms with Gasteiger partial charge in [-0.2, -0.15) is 0 Å². The molecule has 0 aliphatic carbocycles. The molecule has 0 unspecified atom stereocenters. The van der Waals surface area contributed by atoms with Crippen LogP contribution >= 0.6 is 22.9 Å². The highest BCUT2D eigenvalue weighted by Gasteiger charge is 2.19. The van der Waals surface area contributed by atoms with E-state index < -0.39 is 0 Å². The largest absolute Gasteiger partial charge is 0.342 e. The zero-order chi connectivity index (χ0) is 13.9. The van der Waals surface area contributed by atoms with Gasteiger partial charge in [-0.1, -0.05) is 23.7 Å². The van der Waals surface area contributed by atoms with Crippen LogP contribution in [0.25, 0.3) is 11.3 Å². The van der Waals surface area contributed by atoms with Crippen LogP contribution in [0.5, 0.6) is 0 Å². The minimum absolute atomic E-state index is 0.275. The second kappa shape index (κ2) is 5.94. The number of halogens is 1. The number of thiazole rings is 1. The van der Waals surface area contributed by atoms with Crippen LogP contribution in [0.15, 0.2) is 29.6 Å². The normalized spacial score (nSPS) is 15.1. The van der Waals surface area contributed by atoms with Crippen LogP contribution in [-0.2, 0) is 11.2 Å². The van der Waals surface area contributed by atoms with Gasteiger partial charge in [0.2, 0.25) is 5.91 Å². The third kappa shape index (κ3) is 3.02. The second-order valence-electron chi connectivity index (χ2n) is 4.87. The first-order valence-corrected chi connectivity index (χ1v) is 7.96. The second-order valence-corrected chi connectivity index (χ2v) is 6.25. The SMILES string of the molecule is O=C1CCCN1CCc1nc(-c2cccc(Cl)c2)cs1. The summed E-state index contributed by atoms with van der Waals surface area (Å²) in [5, 5.41) is 3.84. The monoisotopic (exact) mass is 306 g/mol. The van der Waals surface area contributed by atoms with E-state index in [1.165, 1.54) is 0 Å². The smallest absolute Gasteiger partial charge is 0.222 e. The Morgan fingerprint density at radius 2 is 2.30 bits per heavy atom. The van der Waals surface area contributed by atoms with Gasteiger partial charge >= 0.3 is 0 Å². The number of rotatable bonds is 4. The van der Waals surface area contributed by atoms with Gasteiger partial charge in [-0.05, 0) is 18.6 Å². The summed E-state index contributed by atoms with van der Waals surface area (Å²) in [6, 6.07) is 7.72. The summed E-state index contributed by atoms with van der Waals surface area (Å²) >= 11 is 7.64. The van der Waals surface area contributed by atoms with Gasteiger partial charge in [0.1, 0.15) is 0 Å². The Labute approximate surface area is 127 Å². The predicted octanol–water partition coefficient (Wildman–Crippen LogP) is 3.63. The van der Waals surface area contributed by atoms with E-state index in [4.69, 9.17) is 11.6 Å². The molecular formula is C15H15ClN2OS. The van der Waals surface area contributed by atoms with Gasteiger partial charge in [0.05, 0.1) is 10.7 Å². The van der Waals surface area contributed by atoms with E-state index in [1.54, 1.807) is 11.3 Å². The molecular weight excluding hydrogens is 292 g/mol. The molecule has 0 atom stereocenters. The summed E-state index contributed by atoms with van der Waals surface area (Å²) in [6.07, 6.45) is 2.52. The van der Waals surface area contributed by atoms with Crippen LogP contribution in [0.3, 0.4) is 0 Å². The molecule has 0 N–H and O–H groups in total. The van der Waals surface area contributed by atoms with E-state index in [1.807, 2.05) is 34.5 Å². The van der Waals surface area contributed by atoms with Crippen molar-refractivity contribution in [1.82, 2.24) is 9.88 Å². The van der Waals surface area contributed by atoms with Crippen molar-refractivity contribution < 1.29 is 4.79 Å². The van der Waals surface area contributed by atoms with Crippen molar-refractivity contribution in [2.45, 2.75) is 19.3 Å². The molecule has 3 nitrogen and oxygen atoms in total. The molecule has 2 aromatic rings. The highest BCUT2D eigenvalue weighted by Crippen LogP contribution is 2.25. The molecule has 0 saturated carbocycles. The number of hydrogen-bond donors (Lipinski definition) is 0. The fourth-order valence-corrected chi connectivity index (χ4v) is 3.36. The Kier molecular flexibility index (Phi) is 4.03. The Balaban J connectivity index is 1.66. The lowest BCUT2D eigenvalue weighted by molar-refractivity contribution is -0.127. The molecule has 3 rings (SSSR count). The molecule has 1 aromatic heterocycles. The van der Waals surface area contributed by atoms with Gasteiger partial charge in [0.15, 0.2) is 0 Å². The van der Waals surface area contributed by atoms with E-state index in [0.29, 0.717) is 6.42 Å². The van der Waals surface area contributed by atoms with E-state index in [9.17, 15) is 4.79 Å². The first-order valence-electron chi connectivity index (χ1n) is 6.70. The molecule has 1 fully saturated rings. The average Bonchev–Trinajstić information content (AvgIpc) is 3.05. The lowest BCUT2D eigenvalue weighted by Crippen LogP contribution is -2.26. The summed E-state index contributed by atoms with van der Waals surface area (Å²) in [7, 11) is 0. The van der Waals surface area contributed by atoms with Crippen molar-refractivity contribution in [3.8, 4) is 11.3 Å². The molecule has 0 bridgehead atoms. The van der Waals surface area contributed by atoms with Gasteiger partial charge in [-0.15, -0.1) is 11.3 Å². The van der Waals surface area contributed by atoms with Crippen LogP contribution in [0, 0.1) is 0 Å². The number of benzene rings is 1. The van der Waals surface area contributed by atoms with Gasteiger partial charge in [0, 0.05) is 41.9 Å². The summed E-state index contributed by atoms with van der Waals surface area (Å²) in [4.78, 5) is 18.1. The van der Waals surface area contributed by atoms with Crippen molar-refractivity contribution in [3.63, 3.8) is 0 Å². The van der Waals surface area contributed by atoms with E-state index in [0.717, 1.165) is 47.2 Å². The van der Waals surface area contributed by atoms with Crippen molar-refractivity contribution in [2.24, 2.45) is 0 Å². The molecule has 1 aliphatic rings. The molecule has 1 aliphatic heterocycles. The maximum absolute atomic E-state index is 11.6.